The van der Waals surface area contributed by atoms with Crippen molar-refractivity contribution < 1.29 is 18.7 Å². The summed E-state index contributed by atoms with van der Waals surface area (Å²) in [7, 11) is 0. The molecule has 0 bridgehead atoms. The fourth-order valence-corrected chi connectivity index (χ4v) is 1.61. The molecule has 0 amide bonds. The van der Waals surface area contributed by atoms with Crippen LogP contribution in [0.4, 0.5) is 8.78 Å². The van der Waals surface area contributed by atoms with Gasteiger partial charge in [-0.25, -0.2) is 8.78 Å². The molecule has 1 fully saturated rings. The molecule has 2 atom stereocenters. The second-order valence-electron chi connectivity index (χ2n) is 3.45. The summed E-state index contributed by atoms with van der Waals surface area (Å²) >= 11 is 0. The highest BCUT2D eigenvalue weighted by molar-refractivity contribution is 5.75. The normalized spacial score (nSPS) is 24.7. The van der Waals surface area contributed by atoms with Crippen LogP contribution in [-0.4, -0.2) is 11.1 Å². The quantitative estimate of drug-likeness (QED) is 0.790. The van der Waals surface area contributed by atoms with Gasteiger partial charge in [-0.2, -0.15) is 0 Å². The lowest BCUT2D eigenvalue weighted by molar-refractivity contribution is -0.138. The van der Waals surface area contributed by atoms with Gasteiger partial charge in [-0.1, -0.05) is 0 Å². The molecule has 0 saturated heterocycles. The van der Waals surface area contributed by atoms with Crippen LogP contribution >= 0.6 is 0 Å². The molecule has 4 heteroatoms. The van der Waals surface area contributed by atoms with Crippen molar-refractivity contribution in [2.45, 2.75) is 12.3 Å². The fraction of sp³-hybridized carbons (Fsp3) is 0.300. The maximum absolute atomic E-state index is 13.1. The van der Waals surface area contributed by atoms with E-state index >= 15 is 0 Å². The van der Waals surface area contributed by atoms with Crippen LogP contribution in [0.5, 0.6) is 0 Å². The van der Waals surface area contributed by atoms with Crippen molar-refractivity contribution in [1.82, 2.24) is 0 Å². The number of rotatable bonds is 2. The van der Waals surface area contributed by atoms with E-state index in [2.05, 4.69) is 0 Å². The zero-order valence-corrected chi connectivity index (χ0v) is 7.21. The molecule has 1 aromatic rings. The van der Waals surface area contributed by atoms with E-state index in [0.717, 1.165) is 18.2 Å². The zero-order chi connectivity index (χ0) is 10.3. The van der Waals surface area contributed by atoms with Crippen molar-refractivity contribution in [2.75, 3.05) is 0 Å². The van der Waals surface area contributed by atoms with E-state index in [1.807, 2.05) is 0 Å². The van der Waals surface area contributed by atoms with Crippen molar-refractivity contribution in [3.8, 4) is 0 Å². The van der Waals surface area contributed by atoms with Crippen molar-refractivity contribution in [2.24, 2.45) is 5.92 Å². The van der Waals surface area contributed by atoms with Gasteiger partial charge in [0.1, 0.15) is 11.6 Å². The Morgan fingerprint density at radius 1 is 1.43 bits per heavy atom. The Balaban J connectivity index is 2.26. The minimum atomic E-state index is -0.946. The van der Waals surface area contributed by atoms with Gasteiger partial charge in [0.2, 0.25) is 0 Å². The molecule has 0 heterocycles. The number of benzene rings is 1. The summed E-state index contributed by atoms with van der Waals surface area (Å²) in [6.07, 6.45) is 0.399. The molecule has 0 spiro atoms. The molecule has 0 radical (unpaired) electrons. The first-order valence-electron chi connectivity index (χ1n) is 4.27. The van der Waals surface area contributed by atoms with Crippen LogP contribution in [0.25, 0.3) is 0 Å². The first-order chi connectivity index (χ1) is 6.59. The molecule has 1 N–H and O–H groups in total. The standard InChI is InChI=1S/C10H8F2O2/c11-5-1-2-9(12)7(3-5)6-4-8(6)10(13)14/h1-3,6,8H,4H2,(H,13,14)/t6-,8?/m0/s1. The van der Waals surface area contributed by atoms with Crippen LogP contribution in [0, 0.1) is 17.6 Å². The Hall–Kier alpha value is -1.45. The molecule has 1 saturated carbocycles. The summed E-state index contributed by atoms with van der Waals surface area (Å²) in [6.45, 7) is 0. The first kappa shape index (κ1) is 9.12. The lowest BCUT2D eigenvalue weighted by Gasteiger charge is -2.00. The van der Waals surface area contributed by atoms with Gasteiger partial charge in [-0.05, 0) is 30.2 Å². The Morgan fingerprint density at radius 3 is 2.71 bits per heavy atom. The lowest BCUT2D eigenvalue weighted by Crippen LogP contribution is -2.00. The smallest absolute Gasteiger partial charge is 0.307 e. The van der Waals surface area contributed by atoms with Crippen LogP contribution in [-0.2, 0) is 4.79 Å². The number of carbonyl (C=O) groups is 1. The molecule has 74 valence electrons. The van der Waals surface area contributed by atoms with E-state index in [1.54, 1.807) is 0 Å². The van der Waals surface area contributed by atoms with Gasteiger partial charge in [0.15, 0.2) is 0 Å². The molecule has 1 aliphatic rings. The molecule has 2 rings (SSSR count). The van der Waals surface area contributed by atoms with Gasteiger partial charge in [-0.3, -0.25) is 4.79 Å². The fourth-order valence-electron chi connectivity index (χ4n) is 1.61. The van der Waals surface area contributed by atoms with E-state index in [9.17, 15) is 13.6 Å². The third-order valence-corrected chi connectivity index (χ3v) is 2.47. The maximum atomic E-state index is 13.1. The number of halogens is 2. The van der Waals surface area contributed by atoms with Gasteiger partial charge in [0, 0.05) is 5.92 Å². The highest BCUT2D eigenvalue weighted by atomic mass is 19.1. The summed E-state index contributed by atoms with van der Waals surface area (Å²) in [5.41, 5.74) is 0.178. The third kappa shape index (κ3) is 1.47. The average Bonchev–Trinajstić information content (AvgIpc) is 2.88. The largest absolute Gasteiger partial charge is 0.481 e. The summed E-state index contributed by atoms with van der Waals surface area (Å²) in [5.74, 6) is -2.91. The van der Waals surface area contributed by atoms with Gasteiger partial charge >= 0.3 is 5.97 Å². The molecule has 0 aromatic heterocycles. The number of carboxylic acid groups (broad SMARTS) is 1. The highest BCUT2D eigenvalue weighted by Gasteiger charge is 2.45. The van der Waals surface area contributed by atoms with E-state index in [0.29, 0.717) is 6.42 Å². The number of carboxylic acids is 1. The minimum Gasteiger partial charge on any atom is -0.481 e. The van der Waals surface area contributed by atoms with Crippen molar-refractivity contribution >= 4 is 5.97 Å². The molecule has 14 heavy (non-hydrogen) atoms. The second-order valence-corrected chi connectivity index (χ2v) is 3.45. The Morgan fingerprint density at radius 2 is 2.14 bits per heavy atom. The predicted octanol–water partition coefficient (Wildman–Crippen LogP) is 2.15. The third-order valence-electron chi connectivity index (χ3n) is 2.47. The van der Waals surface area contributed by atoms with Crippen LogP contribution in [0.15, 0.2) is 18.2 Å². The van der Waals surface area contributed by atoms with Crippen LogP contribution in [0.2, 0.25) is 0 Å². The monoisotopic (exact) mass is 198 g/mol. The lowest BCUT2D eigenvalue weighted by atomic mass is 10.1. The Labute approximate surface area is 79.2 Å². The van der Waals surface area contributed by atoms with Crippen molar-refractivity contribution in [1.29, 1.82) is 0 Å². The number of hydrogen-bond acceptors (Lipinski definition) is 1. The van der Waals surface area contributed by atoms with Gasteiger partial charge in [0.05, 0.1) is 5.92 Å². The minimum absolute atomic E-state index is 0.178. The molecule has 1 aromatic carbocycles. The van der Waals surface area contributed by atoms with E-state index < -0.39 is 23.5 Å². The molecule has 1 aliphatic carbocycles. The average molecular weight is 198 g/mol. The zero-order valence-electron chi connectivity index (χ0n) is 7.21. The molecular weight excluding hydrogens is 190 g/mol. The summed E-state index contributed by atoms with van der Waals surface area (Å²) in [5, 5.41) is 8.63. The highest BCUT2D eigenvalue weighted by Crippen LogP contribution is 2.48. The van der Waals surface area contributed by atoms with Gasteiger partial charge in [0.25, 0.3) is 0 Å². The summed E-state index contributed by atoms with van der Waals surface area (Å²) in [6, 6.07) is 3.13. The topological polar surface area (TPSA) is 37.3 Å². The van der Waals surface area contributed by atoms with E-state index in [4.69, 9.17) is 5.11 Å². The van der Waals surface area contributed by atoms with Crippen LogP contribution in [0.3, 0.4) is 0 Å². The molecule has 0 aliphatic heterocycles. The summed E-state index contributed by atoms with van der Waals surface area (Å²) in [4.78, 5) is 10.5. The Kier molecular flexibility index (Phi) is 1.98. The van der Waals surface area contributed by atoms with Crippen LogP contribution < -0.4 is 0 Å². The van der Waals surface area contributed by atoms with Crippen molar-refractivity contribution in [3.63, 3.8) is 0 Å². The summed E-state index contributed by atoms with van der Waals surface area (Å²) < 4.78 is 25.9. The SMILES string of the molecule is O=C(O)C1C[C@H]1c1cc(F)ccc1F. The van der Waals surface area contributed by atoms with Gasteiger partial charge < -0.3 is 5.11 Å². The van der Waals surface area contributed by atoms with Crippen LogP contribution in [0.1, 0.15) is 17.9 Å². The van der Waals surface area contributed by atoms with Crippen molar-refractivity contribution in [3.05, 3.63) is 35.4 Å². The van der Waals surface area contributed by atoms with E-state index in [-0.39, 0.29) is 11.5 Å². The van der Waals surface area contributed by atoms with Gasteiger partial charge in [-0.15, -0.1) is 0 Å². The maximum Gasteiger partial charge on any atom is 0.307 e. The second kappa shape index (κ2) is 3.04. The predicted molar refractivity (Wildman–Crippen MR) is 44.8 cm³/mol. The number of aliphatic carboxylic acids is 1. The molecule has 1 unspecified atom stereocenters. The Bertz CT molecular complexity index is 390. The first-order valence-corrected chi connectivity index (χ1v) is 4.27. The molecular formula is C10H8F2O2. The number of hydrogen-bond donors (Lipinski definition) is 1. The molecule has 2 nitrogen and oxygen atoms in total. The van der Waals surface area contributed by atoms with E-state index in [1.165, 1.54) is 0 Å².